The van der Waals surface area contributed by atoms with Crippen molar-refractivity contribution in [1.82, 2.24) is 14.7 Å². The van der Waals surface area contributed by atoms with Crippen LogP contribution in [0.2, 0.25) is 0 Å². The SMILES string of the molecule is CC1CN(CC(C)(C)C)C[CH-]O1.CN1CCN(CC(C)(C)C)CC1.[Y]. The minimum absolute atomic E-state index is 0. The Balaban J connectivity index is 0.000000443. The normalized spacial score (nSPS) is 24.2. The molecule has 4 nitrogen and oxygen atoms in total. The van der Waals surface area contributed by atoms with Crippen LogP contribution in [0.5, 0.6) is 0 Å². The van der Waals surface area contributed by atoms with E-state index >= 15 is 0 Å². The van der Waals surface area contributed by atoms with Gasteiger partial charge in [-0.05, 0) is 24.8 Å². The zero-order valence-corrected chi connectivity index (χ0v) is 21.0. The summed E-state index contributed by atoms with van der Waals surface area (Å²) in [4.78, 5) is 7.41. The molecule has 25 heavy (non-hydrogen) atoms. The number of ether oxygens (including phenoxy) is 1. The fourth-order valence-electron chi connectivity index (χ4n) is 3.27. The monoisotopic (exact) mass is 429 g/mol. The molecule has 0 aromatic rings. The van der Waals surface area contributed by atoms with Crippen molar-refractivity contribution < 1.29 is 37.4 Å². The Labute approximate surface area is 182 Å². The molecule has 0 aliphatic carbocycles. The number of nitrogens with zero attached hydrogens (tertiary/aromatic N) is 3. The van der Waals surface area contributed by atoms with Gasteiger partial charge in [-0.1, -0.05) is 41.5 Å². The summed E-state index contributed by atoms with van der Waals surface area (Å²) >= 11 is 0. The van der Waals surface area contributed by atoms with E-state index in [2.05, 4.69) is 70.2 Å². The zero-order chi connectivity index (χ0) is 18.4. The number of hydrogen-bond donors (Lipinski definition) is 0. The topological polar surface area (TPSA) is 19.0 Å². The summed E-state index contributed by atoms with van der Waals surface area (Å²) in [6.45, 7) is 27.2. The maximum absolute atomic E-state index is 5.36. The first-order chi connectivity index (χ1) is 10.9. The quantitative estimate of drug-likeness (QED) is 0.628. The molecule has 1 atom stereocenters. The van der Waals surface area contributed by atoms with E-state index in [1.165, 1.54) is 32.7 Å². The summed E-state index contributed by atoms with van der Waals surface area (Å²) in [6.07, 6.45) is 0.362. The molecule has 0 bridgehead atoms. The fraction of sp³-hybridized carbons (Fsp3) is 0.950. The second-order valence-electron chi connectivity index (χ2n) is 10.0. The van der Waals surface area contributed by atoms with E-state index < -0.39 is 0 Å². The van der Waals surface area contributed by atoms with Crippen LogP contribution in [0, 0.1) is 17.4 Å². The minimum Gasteiger partial charge on any atom is -0.548 e. The maximum atomic E-state index is 5.36. The van der Waals surface area contributed by atoms with Crippen molar-refractivity contribution in [3.63, 3.8) is 0 Å². The molecule has 0 spiro atoms. The van der Waals surface area contributed by atoms with Gasteiger partial charge < -0.3 is 19.4 Å². The molecule has 0 saturated carbocycles. The number of rotatable bonds is 2. The standard InChI is InChI=1S/C10H22N2.C10H20NO.Y/c1-10(2,3)9-12-7-5-11(4)6-8-12;1-9-7-11(5-6-12-9)8-10(2,3)4;/h5-9H2,1-4H3;6,9H,5,7-8H2,1-4H3;/q;-1;. The zero-order valence-electron chi connectivity index (χ0n) is 18.1. The molecule has 147 valence electrons. The average Bonchev–Trinajstić information content (AvgIpc) is 2.39. The van der Waals surface area contributed by atoms with Crippen LogP contribution in [0.1, 0.15) is 48.5 Å². The maximum Gasteiger partial charge on any atom is 0.0331 e. The van der Waals surface area contributed by atoms with Gasteiger partial charge in [0.25, 0.3) is 0 Å². The van der Waals surface area contributed by atoms with Crippen LogP contribution < -0.4 is 0 Å². The van der Waals surface area contributed by atoms with Crippen molar-refractivity contribution in [1.29, 1.82) is 0 Å². The molecular weight excluding hydrogens is 387 g/mol. The third-order valence-corrected chi connectivity index (χ3v) is 4.17. The van der Waals surface area contributed by atoms with E-state index in [0.29, 0.717) is 16.9 Å². The van der Waals surface area contributed by atoms with Gasteiger partial charge in [0.2, 0.25) is 0 Å². The number of hydrogen-bond acceptors (Lipinski definition) is 4. The number of likely N-dealkylation sites (N-methyl/N-ethyl adjacent to an activating group) is 1. The third-order valence-electron chi connectivity index (χ3n) is 4.17. The van der Waals surface area contributed by atoms with Crippen molar-refractivity contribution in [3.05, 3.63) is 6.61 Å². The molecule has 5 heteroatoms. The van der Waals surface area contributed by atoms with Gasteiger partial charge in [-0.25, -0.2) is 0 Å². The van der Waals surface area contributed by atoms with Gasteiger partial charge >= 0.3 is 0 Å². The number of piperazine rings is 1. The molecule has 0 N–H and O–H groups in total. The van der Waals surface area contributed by atoms with Crippen LogP contribution in [0.3, 0.4) is 0 Å². The summed E-state index contributed by atoms with van der Waals surface area (Å²) in [6, 6.07) is 0. The van der Waals surface area contributed by atoms with Crippen molar-refractivity contribution in [2.75, 3.05) is 59.4 Å². The van der Waals surface area contributed by atoms with E-state index in [1.54, 1.807) is 0 Å². The smallest absolute Gasteiger partial charge is 0.0331 e. The van der Waals surface area contributed by atoms with Crippen LogP contribution in [0.15, 0.2) is 0 Å². The Kier molecular flexibility index (Phi) is 12.2. The van der Waals surface area contributed by atoms with Crippen molar-refractivity contribution in [3.8, 4) is 0 Å². The Morgan fingerprint density at radius 2 is 1.36 bits per heavy atom. The van der Waals surface area contributed by atoms with Gasteiger partial charge in [-0.15, -0.1) is 6.54 Å². The van der Waals surface area contributed by atoms with Crippen LogP contribution in [0.25, 0.3) is 0 Å². The largest absolute Gasteiger partial charge is 0.548 e. The second-order valence-corrected chi connectivity index (χ2v) is 10.0. The molecule has 2 rings (SSSR count). The number of morpholine rings is 1. The predicted molar refractivity (Wildman–Crippen MR) is 104 cm³/mol. The van der Waals surface area contributed by atoms with Gasteiger partial charge in [0.05, 0.1) is 0 Å². The van der Waals surface area contributed by atoms with Gasteiger partial charge in [-0.2, -0.15) is 6.61 Å². The molecule has 1 radical (unpaired) electrons. The molecule has 1 unspecified atom stereocenters. The van der Waals surface area contributed by atoms with Crippen molar-refractivity contribution in [2.24, 2.45) is 10.8 Å². The Bertz CT molecular complexity index is 344. The summed E-state index contributed by atoms with van der Waals surface area (Å²) < 4.78 is 5.36. The molecule has 2 heterocycles. The summed E-state index contributed by atoms with van der Waals surface area (Å²) in [5, 5.41) is 0. The fourth-order valence-corrected chi connectivity index (χ4v) is 3.27. The predicted octanol–water partition coefficient (Wildman–Crippen LogP) is 3.19. The van der Waals surface area contributed by atoms with Crippen LogP contribution in [-0.2, 0) is 37.4 Å². The van der Waals surface area contributed by atoms with Gasteiger partial charge in [-0.3, -0.25) is 0 Å². The minimum atomic E-state index is 0. The molecular formula is C20H42N3OY-. The van der Waals surface area contributed by atoms with Gasteiger partial charge in [0.15, 0.2) is 0 Å². The van der Waals surface area contributed by atoms with E-state index in [9.17, 15) is 0 Å². The molecule has 0 aromatic carbocycles. The van der Waals surface area contributed by atoms with Crippen LogP contribution in [-0.4, -0.2) is 80.2 Å². The molecule has 0 aromatic heterocycles. The summed E-state index contributed by atoms with van der Waals surface area (Å²) in [5.74, 6) is 0. The van der Waals surface area contributed by atoms with E-state index in [-0.39, 0.29) is 32.7 Å². The molecule has 2 aliphatic heterocycles. The first kappa shape index (κ1) is 25.9. The van der Waals surface area contributed by atoms with Crippen LogP contribution in [0.4, 0.5) is 0 Å². The Hall–Kier alpha value is 0.944. The van der Waals surface area contributed by atoms with Crippen molar-refractivity contribution >= 4 is 0 Å². The summed E-state index contributed by atoms with van der Waals surface area (Å²) in [5.41, 5.74) is 0.848. The second kappa shape index (κ2) is 11.7. The molecule has 2 fully saturated rings. The average molecular weight is 429 g/mol. The molecule has 2 saturated heterocycles. The molecule has 0 amide bonds. The van der Waals surface area contributed by atoms with Gasteiger partial charge in [0, 0.05) is 84.6 Å². The third kappa shape index (κ3) is 13.7. The summed E-state index contributed by atoms with van der Waals surface area (Å²) in [7, 11) is 2.20. The first-order valence-electron chi connectivity index (χ1n) is 9.55. The first-order valence-corrected chi connectivity index (χ1v) is 9.55. The van der Waals surface area contributed by atoms with Gasteiger partial charge in [0.1, 0.15) is 0 Å². The van der Waals surface area contributed by atoms with E-state index in [0.717, 1.165) is 19.6 Å². The Morgan fingerprint density at radius 3 is 1.80 bits per heavy atom. The Morgan fingerprint density at radius 1 is 0.880 bits per heavy atom. The van der Waals surface area contributed by atoms with E-state index in [4.69, 9.17) is 4.74 Å². The molecule has 2 aliphatic rings. The van der Waals surface area contributed by atoms with Crippen LogP contribution >= 0.6 is 0 Å². The van der Waals surface area contributed by atoms with Crippen molar-refractivity contribution in [2.45, 2.75) is 54.6 Å². The van der Waals surface area contributed by atoms with E-state index in [1.807, 2.05) is 6.61 Å².